The van der Waals surface area contributed by atoms with Crippen LogP contribution in [0, 0.1) is 0 Å². The fraction of sp³-hybridized carbons (Fsp3) is 0.0526. The van der Waals surface area contributed by atoms with Gasteiger partial charge >= 0.3 is 0 Å². The molecule has 0 atom stereocenters. The van der Waals surface area contributed by atoms with Gasteiger partial charge in [0.25, 0.3) is 10.0 Å². The van der Waals surface area contributed by atoms with Crippen LogP contribution < -0.4 is 4.72 Å². The Hall–Kier alpha value is -2.79. The molecule has 3 aromatic rings. The molecule has 122 valence electrons. The number of fused-ring (bicyclic) bond motifs is 1. The maximum atomic E-state index is 11.5. The van der Waals surface area contributed by atoms with Crippen molar-refractivity contribution < 1.29 is 13.5 Å². The lowest BCUT2D eigenvalue weighted by Crippen LogP contribution is -2.08. The van der Waals surface area contributed by atoms with Gasteiger partial charge in [0.1, 0.15) is 5.75 Å². The van der Waals surface area contributed by atoms with E-state index in [4.69, 9.17) is 0 Å². The first-order valence-corrected chi connectivity index (χ1v) is 8.96. The third-order valence-corrected chi connectivity index (χ3v) is 4.73. The molecule has 0 spiro atoms. The Bertz CT molecular complexity index is 1010. The van der Waals surface area contributed by atoms with E-state index in [0.717, 1.165) is 21.9 Å². The molecule has 0 aromatic heterocycles. The summed E-state index contributed by atoms with van der Waals surface area (Å²) in [4.78, 5) is 0. The fourth-order valence-electron chi connectivity index (χ4n) is 2.55. The van der Waals surface area contributed by atoms with E-state index in [1.165, 1.54) is 11.5 Å². The predicted octanol–water partition coefficient (Wildman–Crippen LogP) is 4.02. The monoisotopic (exact) mass is 339 g/mol. The van der Waals surface area contributed by atoms with Crippen molar-refractivity contribution in [3.8, 4) is 5.75 Å². The van der Waals surface area contributed by atoms with Gasteiger partial charge in [-0.1, -0.05) is 55.1 Å². The lowest BCUT2D eigenvalue weighted by Gasteiger charge is -2.09. The summed E-state index contributed by atoms with van der Waals surface area (Å²) in [6, 6.07) is 19.0. The summed E-state index contributed by atoms with van der Waals surface area (Å²) in [6.07, 6.45) is 0.561. The molecule has 0 saturated carbocycles. The number of rotatable bonds is 5. The third kappa shape index (κ3) is 3.58. The second-order valence-electron chi connectivity index (χ2n) is 5.52. The van der Waals surface area contributed by atoms with Gasteiger partial charge in [0.2, 0.25) is 0 Å². The summed E-state index contributed by atoms with van der Waals surface area (Å²) >= 11 is 0. The predicted molar refractivity (Wildman–Crippen MR) is 97.6 cm³/mol. The normalized spacial score (nSPS) is 11.3. The van der Waals surface area contributed by atoms with Crippen molar-refractivity contribution in [3.05, 3.63) is 83.8 Å². The minimum atomic E-state index is -3.58. The lowest BCUT2D eigenvalue weighted by atomic mass is 10.0. The smallest absolute Gasteiger partial charge is 0.254 e. The zero-order valence-corrected chi connectivity index (χ0v) is 13.8. The van der Waals surface area contributed by atoms with Crippen LogP contribution in [0.2, 0.25) is 0 Å². The average molecular weight is 339 g/mol. The SMILES string of the molecule is C=CS(=O)(=O)Nc1ccc(Cc2ccc3ccccc3c2)c(O)c1. The van der Waals surface area contributed by atoms with Crippen LogP contribution in [0.5, 0.6) is 5.75 Å². The van der Waals surface area contributed by atoms with E-state index < -0.39 is 10.0 Å². The van der Waals surface area contributed by atoms with E-state index in [2.05, 4.69) is 23.4 Å². The molecule has 0 unspecified atom stereocenters. The van der Waals surface area contributed by atoms with Crippen LogP contribution in [-0.4, -0.2) is 13.5 Å². The van der Waals surface area contributed by atoms with Crippen molar-refractivity contribution in [1.82, 2.24) is 0 Å². The highest BCUT2D eigenvalue weighted by molar-refractivity contribution is 7.95. The van der Waals surface area contributed by atoms with Crippen molar-refractivity contribution >= 4 is 26.5 Å². The Morgan fingerprint density at radius 1 is 1.00 bits per heavy atom. The summed E-state index contributed by atoms with van der Waals surface area (Å²) in [5.41, 5.74) is 2.10. The molecular formula is C19H17NO3S. The highest BCUT2D eigenvalue weighted by atomic mass is 32.2. The molecule has 0 heterocycles. The van der Waals surface area contributed by atoms with E-state index >= 15 is 0 Å². The third-order valence-electron chi connectivity index (χ3n) is 3.77. The average Bonchev–Trinajstić information content (AvgIpc) is 2.57. The van der Waals surface area contributed by atoms with Crippen LogP contribution in [0.15, 0.2) is 72.7 Å². The van der Waals surface area contributed by atoms with Crippen LogP contribution in [0.1, 0.15) is 11.1 Å². The molecule has 0 aliphatic carbocycles. The van der Waals surface area contributed by atoms with E-state index in [1.54, 1.807) is 12.1 Å². The lowest BCUT2D eigenvalue weighted by molar-refractivity contribution is 0.470. The summed E-state index contributed by atoms with van der Waals surface area (Å²) < 4.78 is 25.3. The van der Waals surface area contributed by atoms with Crippen LogP contribution >= 0.6 is 0 Å². The van der Waals surface area contributed by atoms with Gasteiger partial charge in [-0.25, -0.2) is 8.42 Å². The van der Waals surface area contributed by atoms with Gasteiger partial charge in [-0.15, -0.1) is 0 Å². The Balaban J connectivity index is 1.85. The van der Waals surface area contributed by atoms with Crippen LogP contribution in [0.25, 0.3) is 10.8 Å². The van der Waals surface area contributed by atoms with Crippen molar-refractivity contribution in [2.75, 3.05) is 4.72 Å². The van der Waals surface area contributed by atoms with Gasteiger partial charge in [-0.05, 0) is 28.0 Å². The Kier molecular flexibility index (Phi) is 4.27. The molecule has 5 heteroatoms. The molecular weight excluding hydrogens is 322 g/mol. The number of sulfonamides is 1. The number of nitrogens with one attached hydrogen (secondary N) is 1. The number of aromatic hydroxyl groups is 1. The van der Waals surface area contributed by atoms with Crippen LogP contribution in [0.3, 0.4) is 0 Å². The van der Waals surface area contributed by atoms with E-state index in [0.29, 0.717) is 12.1 Å². The van der Waals surface area contributed by atoms with Crippen molar-refractivity contribution in [3.63, 3.8) is 0 Å². The first kappa shape index (κ1) is 16.1. The molecule has 0 radical (unpaired) electrons. The maximum absolute atomic E-state index is 11.5. The number of phenolic OH excluding ortho intramolecular Hbond substituents is 1. The van der Waals surface area contributed by atoms with Crippen molar-refractivity contribution in [1.29, 1.82) is 0 Å². The quantitative estimate of drug-likeness (QED) is 0.738. The molecule has 0 amide bonds. The number of benzene rings is 3. The highest BCUT2D eigenvalue weighted by Gasteiger charge is 2.08. The van der Waals surface area contributed by atoms with Gasteiger partial charge in [-0.3, -0.25) is 4.72 Å². The number of anilines is 1. The Morgan fingerprint density at radius 2 is 1.75 bits per heavy atom. The minimum absolute atomic E-state index is 0.0485. The standard InChI is InChI=1S/C19H17NO3S/c1-2-24(22,23)20-18-10-9-17(19(21)13-18)12-14-7-8-15-5-3-4-6-16(15)11-14/h2-11,13,20-21H,1,12H2. The largest absolute Gasteiger partial charge is 0.508 e. The van der Waals surface area contributed by atoms with Crippen LogP contribution in [0.4, 0.5) is 5.69 Å². The fourth-order valence-corrected chi connectivity index (χ4v) is 3.09. The zero-order valence-electron chi connectivity index (χ0n) is 12.9. The molecule has 2 N–H and O–H groups in total. The second-order valence-corrected chi connectivity index (χ2v) is 7.14. The summed E-state index contributed by atoms with van der Waals surface area (Å²) in [5.74, 6) is 0.0485. The van der Waals surface area contributed by atoms with Gasteiger partial charge in [0.15, 0.2) is 0 Å². The van der Waals surface area contributed by atoms with E-state index in [-0.39, 0.29) is 5.75 Å². The number of hydrogen-bond donors (Lipinski definition) is 2. The second kappa shape index (κ2) is 6.37. The topological polar surface area (TPSA) is 66.4 Å². The van der Waals surface area contributed by atoms with Gasteiger partial charge in [0, 0.05) is 17.9 Å². The number of phenols is 1. The zero-order chi connectivity index (χ0) is 17.2. The summed E-state index contributed by atoms with van der Waals surface area (Å²) in [5, 5.41) is 13.3. The highest BCUT2D eigenvalue weighted by Crippen LogP contribution is 2.26. The molecule has 4 nitrogen and oxygen atoms in total. The van der Waals surface area contributed by atoms with E-state index in [1.807, 2.05) is 30.3 Å². The van der Waals surface area contributed by atoms with Crippen molar-refractivity contribution in [2.45, 2.75) is 6.42 Å². The molecule has 3 rings (SSSR count). The Morgan fingerprint density at radius 3 is 2.46 bits per heavy atom. The van der Waals surface area contributed by atoms with Crippen molar-refractivity contribution in [2.24, 2.45) is 0 Å². The minimum Gasteiger partial charge on any atom is -0.508 e. The molecule has 0 aliphatic heterocycles. The molecule has 0 saturated heterocycles. The molecule has 0 aliphatic rings. The molecule has 3 aromatic carbocycles. The van der Waals surface area contributed by atoms with Gasteiger partial charge in [0.05, 0.1) is 5.69 Å². The van der Waals surface area contributed by atoms with E-state index in [9.17, 15) is 13.5 Å². The van der Waals surface area contributed by atoms with Gasteiger partial charge < -0.3 is 5.11 Å². The molecule has 0 fully saturated rings. The molecule has 24 heavy (non-hydrogen) atoms. The van der Waals surface area contributed by atoms with Crippen LogP contribution in [-0.2, 0) is 16.4 Å². The number of hydrogen-bond acceptors (Lipinski definition) is 3. The maximum Gasteiger partial charge on any atom is 0.254 e. The first-order valence-electron chi connectivity index (χ1n) is 7.42. The van der Waals surface area contributed by atoms with Gasteiger partial charge in [-0.2, -0.15) is 0 Å². The first-order chi connectivity index (χ1) is 11.5. The molecule has 0 bridgehead atoms. The summed E-state index contributed by atoms with van der Waals surface area (Å²) in [6.45, 7) is 3.24. The summed E-state index contributed by atoms with van der Waals surface area (Å²) in [7, 11) is -3.58. The Labute approximate surface area is 141 Å².